The molecule has 1 aliphatic carbocycles. The van der Waals surface area contributed by atoms with E-state index >= 15 is 0 Å². The number of pyridine rings is 1. The lowest BCUT2D eigenvalue weighted by Gasteiger charge is -2.16. The summed E-state index contributed by atoms with van der Waals surface area (Å²) in [7, 11) is 0. The van der Waals surface area contributed by atoms with Gasteiger partial charge in [-0.05, 0) is 31.1 Å². The van der Waals surface area contributed by atoms with E-state index in [1.165, 1.54) is 0 Å². The molecule has 1 saturated carbocycles. The van der Waals surface area contributed by atoms with Gasteiger partial charge in [0.15, 0.2) is 5.96 Å². The van der Waals surface area contributed by atoms with Crippen LogP contribution in [0, 0.1) is 11.3 Å². The lowest BCUT2D eigenvalue weighted by molar-refractivity contribution is 0.958. The average molecular weight is 251 g/mol. The first kappa shape index (κ1) is 11.5. The molecule has 5 heteroatoms. The lowest BCUT2D eigenvalue weighted by atomic mass is 10.1. The van der Waals surface area contributed by atoms with Crippen LogP contribution in [0.1, 0.15) is 18.5 Å². The third kappa shape index (κ3) is 2.63. The Bertz CT molecular complexity index is 602. The molecule has 0 saturated heterocycles. The van der Waals surface area contributed by atoms with Crippen molar-refractivity contribution in [3.63, 3.8) is 0 Å². The molecule has 2 N–H and O–H groups in total. The zero-order valence-electron chi connectivity index (χ0n) is 10.3. The highest BCUT2D eigenvalue weighted by atomic mass is 15.2. The van der Waals surface area contributed by atoms with Crippen molar-refractivity contribution < 1.29 is 0 Å². The Morgan fingerprint density at radius 2 is 2.32 bits per heavy atom. The summed E-state index contributed by atoms with van der Waals surface area (Å²) < 4.78 is 0. The molecule has 0 unspecified atom stereocenters. The minimum absolute atomic E-state index is 0.420. The maximum absolute atomic E-state index is 9.33. The highest BCUT2D eigenvalue weighted by Gasteiger charge is 2.22. The van der Waals surface area contributed by atoms with Crippen LogP contribution in [0.2, 0.25) is 0 Å². The van der Waals surface area contributed by atoms with Crippen LogP contribution >= 0.6 is 0 Å². The zero-order chi connectivity index (χ0) is 13.1. The van der Waals surface area contributed by atoms with Gasteiger partial charge in [-0.3, -0.25) is 4.98 Å². The Kier molecular flexibility index (Phi) is 2.99. The van der Waals surface area contributed by atoms with Gasteiger partial charge in [0.25, 0.3) is 0 Å². The van der Waals surface area contributed by atoms with Gasteiger partial charge in [0.05, 0.1) is 17.4 Å². The number of nitrogens with zero attached hydrogens (tertiary/aromatic N) is 3. The van der Waals surface area contributed by atoms with Crippen LogP contribution in [0.5, 0.6) is 0 Å². The monoisotopic (exact) mass is 251 g/mol. The summed E-state index contributed by atoms with van der Waals surface area (Å²) in [6, 6.07) is 8.13. The predicted octanol–water partition coefficient (Wildman–Crippen LogP) is 1.54. The highest BCUT2D eigenvalue weighted by Crippen LogP contribution is 2.24. The Morgan fingerprint density at radius 1 is 1.42 bits per heavy atom. The second-order valence-electron chi connectivity index (χ2n) is 4.43. The molecular formula is C14H13N5. The fourth-order valence-corrected chi connectivity index (χ4v) is 1.78. The van der Waals surface area contributed by atoms with E-state index in [1.54, 1.807) is 12.4 Å². The van der Waals surface area contributed by atoms with Crippen molar-refractivity contribution in [3.8, 4) is 6.07 Å². The van der Waals surface area contributed by atoms with Crippen LogP contribution < -0.4 is 10.6 Å². The first-order valence-electron chi connectivity index (χ1n) is 6.20. The van der Waals surface area contributed by atoms with E-state index in [0.29, 0.717) is 23.3 Å². The van der Waals surface area contributed by atoms with Crippen molar-refractivity contribution in [2.24, 2.45) is 4.99 Å². The van der Waals surface area contributed by atoms with E-state index in [0.717, 1.165) is 18.5 Å². The largest absolute Gasteiger partial charge is 0.333 e. The van der Waals surface area contributed by atoms with Crippen molar-refractivity contribution in [3.05, 3.63) is 48.1 Å². The Hall–Kier alpha value is -2.61. The van der Waals surface area contributed by atoms with E-state index in [1.807, 2.05) is 24.3 Å². The van der Waals surface area contributed by atoms with E-state index in [9.17, 15) is 5.26 Å². The van der Waals surface area contributed by atoms with Crippen molar-refractivity contribution in [1.29, 1.82) is 5.26 Å². The Labute approximate surface area is 111 Å². The van der Waals surface area contributed by atoms with Gasteiger partial charge in [0, 0.05) is 12.4 Å². The van der Waals surface area contributed by atoms with Gasteiger partial charge in [-0.2, -0.15) is 5.26 Å². The van der Waals surface area contributed by atoms with Crippen molar-refractivity contribution in [2.45, 2.75) is 18.9 Å². The summed E-state index contributed by atoms with van der Waals surface area (Å²) in [5.41, 5.74) is 1.89. The number of rotatable bonds is 2. The Balaban J connectivity index is 1.94. The molecular weight excluding hydrogens is 238 g/mol. The minimum atomic E-state index is 0.420. The molecule has 0 amide bonds. The molecule has 1 aliphatic heterocycles. The molecule has 3 rings (SSSR count). The van der Waals surface area contributed by atoms with Crippen LogP contribution in [-0.2, 0) is 0 Å². The van der Waals surface area contributed by atoms with E-state index in [-0.39, 0.29) is 0 Å². The quantitative estimate of drug-likeness (QED) is 0.782. The Morgan fingerprint density at radius 3 is 3.00 bits per heavy atom. The fourth-order valence-electron chi connectivity index (χ4n) is 1.78. The molecule has 94 valence electrons. The molecule has 19 heavy (non-hydrogen) atoms. The number of nitrogens with one attached hydrogen (secondary N) is 2. The summed E-state index contributed by atoms with van der Waals surface area (Å²) in [5, 5.41) is 15.5. The van der Waals surface area contributed by atoms with Gasteiger partial charge in [-0.25, -0.2) is 4.99 Å². The van der Waals surface area contributed by atoms with Gasteiger partial charge >= 0.3 is 0 Å². The summed E-state index contributed by atoms with van der Waals surface area (Å²) in [6.07, 6.45) is 7.56. The zero-order valence-corrected chi connectivity index (χ0v) is 10.3. The highest BCUT2D eigenvalue weighted by molar-refractivity contribution is 5.89. The van der Waals surface area contributed by atoms with Gasteiger partial charge in [0.1, 0.15) is 11.6 Å². The van der Waals surface area contributed by atoms with Gasteiger partial charge in [-0.1, -0.05) is 6.07 Å². The van der Waals surface area contributed by atoms with Crippen LogP contribution in [0.15, 0.2) is 47.4 Å². The third-order valence-electron chi connectivity index (χ3n) is 2.88. The van der Waals surface area contributed by atoms with Crippen LogP contribution in [-0.4, -0.2) is 17.0 Å². The molecule has 2 aliphatic rings. The third-order valence-corrected chi connectivity index (χ3v) is 2.88. The van der Waals surface area contributed by atoms with E-state index in [4.69, 9.17) is 0 Å². The first-order chi connectivity index (χ1) is 9.36. The number of hydrogen-bond acceptors (Lipinski definition) is 3. The molecule has 1 fully saturated rings. The lowest BCUT2D eigenvalue weighted by Crippen LogP contribution is -2.37. The van der Waals surface area contributed by atoms with Crippen LogP contribution in [0.25, 0.3) is 5.57 Å². The predicted molar refractivity (Wildman–Crippen MR) is 72.6 cm³/mol. The second-order valence-corrected chi connectivity index (χ2v) is 4.43. The van der Waals surface area contributed by atoms with Gasteiger partial charge < -0.3 is 10.6 Å². The number of guanidine groups is 1. The topological polar surface area (TPSA) is 73.1 Å². The van der Waals surface area contributed by atoms with E-state index < -0.39 is 0 Å². The number of hydrogen-bond donors (Lipinski definition) is 2. The second kappa shape index (κ2) is 4.94. The number of aliphatic imine (C=N–C) groups is 1. The summed E-state index contributed by atoms with van der Waals surface area (Å²) in [4.78, 5) is 8.70. The van der Waals surface area contributed by atoms with Gasteiger partial charge in [-0.15, -0.1) is 0 Å². The number of nitriles is 1. The molecule has 2 heterocycles. The first-order valence-corrected chi connectivity index (χ1v) is 6.20. The average Bonchev–Trinajstić information content (AvgIpc) is 3.25. The molecule has 1 aromatic rings. The number of allylic oxidation sites excluding steroid dienone is 2. The maximum atomic E-state index is 9.33. The number of aromatic nitrogens is 1. The van der Waals surface area contributed by atoms with Gasteiger partial charge in [0.2, 0.25) is 0 Å². The molecule has 0 atom stereocenters. The standard InChI is InChI=1S/C14H13N5/c15-9-11(12-3-1-2-7-16-12)13-6-8-17-14(19-13)18-10-4-5-10/h1-3,6-8,10H,4-5H2,(H2,17,18,19)/b13-11+. The maximum Gasteiger partial charge on any atom is 0.200 e. The molecule has 0 radical (unpaired) electrons. The SMILES string of the molecule is N#C/C(=C1/C=CNC(=NC2CC2)N1)c1ccccn1. The van der Waals surface area contributed by atoms with Crippen LogP contribution in [0.3, 0.4) is 0 Å². The molecule has 5 nitrogen and oxygen atoms in total. The summed E-state index contributed by atoms with van der Waals surface area (Å²) >= 11 is 0. The molecule has 0 spiro atoms. The normalized spacial score (nSPS) is 22.4. The van der Waals surface area contributed by atoms with Crippen LogP contribution in [0.4, 0.5) is 0 Å². The minimum Gasteiger partial charge on any atom is -0.333 e. The summed E-state index contributed by atoms with van der Waals surface area (Å²) in [6.45, 7) is 0. The van der Waals surface area contributed by atoms with Crippen molar-refractivity contribution in [2.75, 3.05) is 0 Å². The van der Waals surface area contributed by atoms with Crippen molar-refractivity contribution >= 4 is 11.5 Å². The summed E-state index contributed by atoms with van der Waals surface area (Å²) in [5.74, 6) is 0.698. The molecule has 1 aromatic heterocycles. The van der Waals surface area contributed by atoms with E-state index in [2.05, 4.69) is 26.7 Å². The van der Waals surface area contributed by atoms with Crippen molar-refractivity contribution in [1.82, 2.24) is 15.6 Å². The smallest absolute Gasteiger partial charge is 0.200 e. The fraction of sp³-hybridized carbons (Fsp3) is 0.214. The molecule has 0 bridgehead atoms. The molecule has 0 aromatic carbocycles.